The second-order valence-electron chi connectivity index (χ2n) is 4.76. The molecule has 0 aliphatic rings. The fraction of sp³-hybridized carbons (Fsp3) is 0.312. The molecule has 1 N–H and O–H groups in total. The molecule has 106 valence electrons. The van der Waals surface area contributed by atoms with Crippen molar-refractivity contribution in [2.24, 2.45) is 0 Å². The van der Waals surface area contributed by atoms with Crippen molar-refractivity contribution in [1.82, 2.24) is 10.3 Å². The van der Waals surface area contributed by atoms with Crippen LogP contribution in [0.15, 0.2) is 36.5 Å². The lowest BCUT2D eigenvalue weighted by Crippen LogP contribution is -2.20. The monoisotopic (exact) mass is 290 g/mol. The van der Waals surface area contributed by atoms with Crippen molar-refractivity contribution in [3.05, 3.63) is 58.4 Å². The van der Waals surface area contributed by atoms with Crippen LogP contribution in [-0.4, -0.2) is 19.1 Å². The van der Waals surface area contributed by atoms with Crippen LogP contribution < -0.4 is 10.1 Å². The highest BCUT2D eigenvalue weighted by Gasteiger charge is 2.14. The summed E-state index contributed by atoms with van der Waals surface area (Å²) in [6.45, 7) is 2.08. The van der Waals surface area contributed by atoms with Crippen LogP contribution >= 0.6 is 11.6 Å². The van der Waals surface area contributed by atoms with Gasteiger partial charge in [-0.05, 0) is 44.2 Å². The van der Waals surface area contributed by atoms with Gasteiger partial charge in [0, 0.05) is 6.20 Å². The third-order valence-corrected chi connectivity index (χ3v) is 3.54. The average molecular weight is 291 g/mol. The summed E-state index contributed by atoms with van der Waals surface area (Å²) in [6, 6.07) is 10.2. The third kappa shape index (κ3) is 3.50. The summed E-state index contributed by atoms with van der Waals surface area (Å²) in [4.78, 5) is 4.39. The first-order valence-corrected chi connectivity index (χ1v) is 6.94. The van der Waals surface area contributed by atoms with Crippen LogP contribution in [0.2, 0.25) is 5.02 Å². The molecule has 0 bridgehead atoms. The normalized spacial score (nSPS) is 12.2. The molecule has 2 aromatic rings. The number of aryl methyl sites for hydroxylation is 1. The predicted molar refractivity (Wildman–Crippen MR) is 82.5 cm³/mol. The fourth-order valence-corrected chi connectivity index (χ4v) is 2.35. The Balaban J connectivity index is 2.26. The van der Waals surface area contributed by atoms with E-state index in [-0.39, 0.29) is 6.04 Å². The van der Waals surface area contributed by atoms with Gasteiger partial charge in [-0.2, -0.15) is 0 Å². The van der Waals surface area contributed by atoms with E-state index >= 15 is 0 Å². The van der Waals surface area contributed by atoms with Gasteiger partial charge >= 0.3 is 0 Å². The van der Waals surface area contributed by atoms with Gasteiger partial charge in [0.15, 0.2) is 0 Å². The summed E-state index contributed by atoms with van der Waals surface area (Å²) in [6.07, 6.45) is 2.49. The fourth-order valence-electron chi connectivity index (χ4n) is 2.23. The van der Waals surface area contributed by atoms with E-state index < -0.39 is 0 Å². The van der Waals surface area contributed by atoms with Crippen LogP contribution in [0.25, 0.3) is 0 Å². The minimum Gasteiger partial charge on any atom is -0.496 e. The number of hydrogen-bond acceptors (Lipinski definition) is 3. The molecule has 0 aliphatic heterocycles. The molecule has 1 atom stereocenters. The molecule has 0 aliphatic carbocycles. The Morgan fingerprint density at radius 3 is 2.70 bits per heavy atom. The quantitative estimate of drug-likeness (QED) is 0.914. The molecule has 0 fully saturated rings. The number of hydrogen-bond donors (Lipinski definition) is 1. The lowest BCUT2D eigenvalue weighted by atomic mass is 10.0. The van der Waals surface area contributed by atoms with Gasteiger partial charge in [0.2, 0.25) is 0 Å². The molecule has 0 saturated heterocycles. The second-order valence-corrected chi connectivity index (χ2v) is 5.20. The number of benzene rings is 1. The lowest BCUT2D eigenvalue weighted by Gasteiger charge is -2.18. The van der Waals surface area contributed by atoms with E-state index in [0.717, 1.165) is 17.9 Å². The summed E-state index contributed by atoms with van der Waals surface area (Å²) >= 11 is 5.89. The van der Waals surface area contributed by atoms with Crippen LogP contribution in [0, 0.1) is 6.92 Å². The Kier molecular flexibility index (Phi) is 4.99. The molecule has 1 aromatic carbocycles. The van der Waals surface area contributed by atoms with E-state index in [1.807, 2.05) is 25.2 Å². The standard InChI is InChI=1S/C16H19ClN2O/c1-11-4-7-16(20-3)12(8-11)9-15(18-2)14-6-5-13(17)10-19-14/h4-8,10,15,18H,9H2,1-3H3. The van der Waals surface area contributed by atoms with Crippen molar-refractivity contribution >= 4 is 11.6 Å². The van der Waals surface area contributed by atoms with Crippen molar-refractivity contribution in [1.29, 1.82) is 0 Å². The molecule has 20 heavy (non-hydrogen) atoms. The van der Waals surface area contributed by atoms with E-state index in [2.05, 4.69) is 29.4 Å². The van der Waals surface area contributed by atoms with Gasteiger partial charge in [0.1, 0.15) is 5.75 Å². The molecule has 0 saturated carbocycles. The zero-order valence-electron chi connectivity index (χ0n) is 12.0. The second kappa shape index (κ2) is 6.73. The molecule has 1 unspecified atom stereocenters. The predicted octanol–water partition coefficient (Wildman–Crippen LogP) is 3.56. The maximum absolute atomic E-state index is 5.89. The number of methoxy groups -OCH3 is 1. The summed E-state index contributed by atoms with van der Waals surface area (Å²) < 4.78 is 5.43. The number of halogens is 1. The first-order valence-electron chi connectivity index (χ1n) is 6.56. The van der Waals surface area contributed by atoms with Crippen molar-refractivity contribution in [2.75, 3.05) is 14.2 Å². The van der Waals surface area contributed by atoms with Crippen LogP contribution in [0.1, 0.15) is 22.9 Å². The largest absolute Gasteiger partial charge is 0.496 e. The van der Waals surface area contributed by atoms with Crippen LogP contribution in [0.3, 0.4) is 0 Å². The Morgan fingerprint density at radius 2 is 2.10 bits per heavy atom. The highest BCUT2D eigenvalue weighted by Crippen LogP contribution is 2.25. The number of pyridine rings is 1. The maximum atomic E-state index is 5.89. The van der Waals surface area contributed by atoms with Crippen LogP contribution in [0.5, 0.6) is 5.75 Å². The summed E-state index contributed by atoms with van der Waals surface area (Å²) in [5, 5.41) is 3.95. The summed E-state index contributed by atoms with van der Waals surface area (Å²) in [7, 11) is 3.63. The minimum absolute atomic E-state index is 0.128. The SMILES string of the molecule is CNC(Cc1cc(C)ccc1OC)c1ccc(Cl)cn1. The summed E-state index contributed by atoms with van der Waals surface area (Å²) in [5.41, 5.74) is 3.36. The topological polar surface area (TPSA) is 34.1 Å². The average Bonchev–Trinajstić information content (AvgIpc) is 2.46. The molecule has 0 amide bonds. The maximum Gasteiger partial charge on any atom is 0.122 e. The Morgan fingerprint density at radius 1 is 1.30 bits per heavy atom. The lowest BCUT2D eigenvalue weighted by molar-refractivity contribution is 0.406. The van der Waals surface area contributed by atoms with Gasteiger partial charge in [-0.3, -0.25) is 4.98 Å². The molecule has 0 radical (unpaired) electrons. The molecule has 2 rings (SSSR count). The molecule has 0 spiro atoms. The highest BCUT2D eigenvalue weighted by molar-refractivity contribution is 6.30. The third-order valence-electron chi connectivity index (χ3n) is 3.32. The van der Waals surface area contributed by atoms with Crippen molar-refractivity contribution < 1.29 is 4.74 Å². The van der Waals surface area contributed by atoms with E-state index in [4.69, 9.17) is 16.3 Å². The minimum atomic E-state index is 0.128. The van der Waals surface area contributed by atoms with Crippen molar-refractivity contribution in [3.8, 4) is 5.75 Å². The smallest absolute Gasteiger partial charge is 0.122 e. The molecular formula is C16H19ClN2O. The highest BCUT2D eigenvalue weighted by atomic mass is 35.5. The number of nitrogens with zero attached hydrogens (tertiary/aromatic N) is 1. The number of rotatable bonds is 5. The van der Waals surface area contributed by atoms with Gasteiger partial charge in [-0.15, -0.1) is 0 Å². The van der Waals surface area contributed by atoms with E-state index in [9.17, 15) is 0 Å². The van der Waals surface area contributed by atoms with Gasteiger partial charge in [0.25, 0.3) is 0 Å². The van der Waals surface area contributed by atoms with E-state index in [0.29, 0.717) is 5.02 Å². The first-order chi connectivity index (χ1) is 9.63. The van der Waals surface area contributed by atoms with Gasteiger partial charge < -0.3 is 10.1 Å². The zero-order valence-corrected chi connectivity index (χ0v) is 12.7. The number of likely N-dealkylation sites (N-methyl/N-ethyl adjacent to an activating group) is 1. The molecule has 4 heteroatoms. The van der Waals surface area contributed by atoms with E-state index in [1.165, 1.54) is 11.1 Å². The Labute approximate surface area is 124 Å². The Bertz CT molecular complexity index is 569. The van der Waals surface area contributed by atoms with Gasteiger partial charge in [-0.1, -0.05) is 29.3 Å². The molecule has 3 nitrogen and oxygen atoms in total. The van der Waals surface area contributed by atoms with Gasteiger partial charge in [0.05, 0.1) is 23.9 Å². The number of nitrogens with one attached hydrogen (secondary N) is 1. The molecular weight excluding hydrogens is 272 g/mol. The molecule has 1 aromatic heterocycles. The number of ether oxygens (including phenoxy) is 1. The van der Waals surface area contributed by atoms with Crippen molar-refractivity contribution in [2.45, 2.75) is 19.4 Å². The van der Waals surface area contributed by atoms with Crippen molar-refractivity contribution in [3.63, 3.8) is 0 Å². The zero-order chi connectivity index (χ0) is 14.5. The van der Waals surface area contributed by atoms with Crippen LogP contribution in [0.4, 0.5) is 0 Å². The summed E-state index contributed by atoms with van der Waals surface area (Å²) in [5.74, 6) is 0.907. The Hall–Kier alpha value is -1.58. The van der Waals surface area contributed by atoms with E-state index in [1.54, 1.807) is 13.3 Å². The number of aromatic nitrogens is 1. The molecule has 1 heterocycles. The van der Waals surface area contributed by atoms with Gasteiger partial charge in [-0.25, -0.2) is 0 Å². The van der Waals surface area contributed by atoms with Crippen LogP contribution in [-0.2, 0) is 6.42 Å². The first kappa shape index (κ1) is 14.8.